The first-order valence-electron chi connectivity index (χ1n) is 9.12. The number of carbonyl (C=O) groups excluding carboxylic acids is 1. The molecule has 132 valence electrons. The summed E-state index contributed by atoms with van der Waals surface area (Å²) in [5.74, 6) is 0.844. The van der Waals surface area contributed by atoms with Crippen molar-refractivity contribution < 1.29 is 9.90 Å². The van der Waals surface area contributed by atoms with Crippen LogP contribution in [0.1, 0.15) is 37.8 Å². The second-order valence-electron chi connectivity index (χ2n) is 7.23. The van der Waals surface area contributed by atoms with Crippen molar-refractivity contribution in [3.05, 3.63) is 24.3 Å². The van der Waals surface area contributed by atoms with Gasteiger partial charge in [0.15, 0.2) is 0 Å². The largest absolute Gasteiger partial charge is 0.391 e. The zero-order chi connectivity index (χ0) is 16.8. The third kappa shape index (κ3) is 4.98. The number of aliphatic hydroxyl groups excluding tert-OH is 1. The van der Waals surface area contributed by atoms with Crippen molar-refractivity contribution in [3.63, 3.8) is 0 Å². The number of aromatic nitrogens is 2. The molecule has 1 aromatic rings. The monoisotopic (exact) mass is 332 g/mol. The smallest absolute Gasteiger partial charge is 0.234 e. The Kier molecular flexibility index (Phi) is 6.15. The van der Waals surface area contributed by atoms with Crippen LogP contribution in [0.4, 0.5) is 0 Å². The van der Waals surface area contributed by atoms with Gasteiger partial charge in [0.05, 0.1) is 18.3 Å². The van der Waals surface area contributed by atoms with Crippen molar-refractivity contribution in [2.75, 3.05) is 26.2 Å². The SMILES string of the molecule is O=C(CN1CC(O)C(Cc2cnccn2)C1)NCC1CCCCC1. The van der Waals surface area contributed by atoms with Crippen LogP contribution in [0.3, 0.4) is 0 Å². The molecule has 0 aromatic carbocycles. The van der Waals surface area contributed by atoms with Crippen LogP contribution in [-0.4, -0.2) is 58.2 Å². The first-order chi connectivity index (χ1) is 11.7. The van der Waals surface area contributed by atoms with Crippen LogP contribution in [0.5, 0.6) is 0 Å². The fourth-order valence-corrected chi connectivity index (χ4v) is 3.88. The van der Waals surface area contributed by atoms with E-state index < -0.39 is 6.10 Å². The van der Waals surface area contributed by atoms with E-state index >= 15 is 0 Å². The van der Waals surface area contributed by atoms with Crippen LogP contribution in [0, 0.1) is 11.8 Å². The molecule has 1 aliphatic heterocycles. The molecule has 2 atom stereocenters. The number of nitrogens with one attached hydrogen (secondary N) is 1. The maximum Gasteiger partial charge on any atom is 0.234 e. The minimum atomic E-state index is -0.404. The average Bonchev–Trinajstić information content (AvgIpc) is 2.94. The zero-order valence-corrected chi connectivity index (χ0v) is 14.2. The van der Waals surface area contributed by atoms with Gasteiger partial charge in [-0.2, -0.15) is 0 Å². The number of amides is 1. The molecule has 0 spiro atoms. The highest BCUT2D eigenvalue weighted by molar-refractivity contribution is 5.78. The second-order valence-corrected chi connectivity index (χ2v) is 7.23. The number of β-amino-alcohol motifs (C(OH)–C–C–N with tert-alkyl or cyclic N) is 1. The predicted molar refractivity (Wildman–Crippen MR) is 91.3 cm³/mol. The van der Waals surface area contributed by atoms with E-state index in [0.717, 1.165) is 18.8 Å². The summed E-state index contributed by atoms with van der Waals surface area (Å²) >= 11 is 0. The number of hydrogen-bond acceptors (Lipinski definition) is 5. The number of nitrogens with zero attached hydrogens (tertiary/aromatic N) is 3. The molecule has 1 saturated carbocycles. The highest BCUT2D eigenvalue weighted by Crippen LogP contribution is 2.23. The maximum atomic E-state index is 12.2. The van der Waals surface area contributed by atoms with Gasteiger partial charge in [0, 0.05) is 44.1 Å². The Morgan fingerprint density at radius 1 is 1.25 bits per heavy atom. The summed E-state index contributed by atoms with van der Waals surface area (Å²) in [5.41, 5.74) is 0.894. The molecule has 2 fully saturated rings. The zero-order valence-electron chi connectivity index (χ0n) is 14.2. The fourth-order valence-electron chi connectivity index (χ4n) is 3.88. The molecule has 6 nitrogen and oxygen atoms in total. The third-order valence-corrected chi connectivity index (χ3v) is 5.25. The highest BCUT2D eigenvalue weighted by Gasteiger charge is 2.32. The van der Waals surface area contributed by atoms with E-state index in [1.54, 1.807) is 18.6 Å². The van der Waals surface area contributed by atoms with Crippen molar-refractivity contribution in [2.45, 2.75) is 44.6 Å². The van der Waals surface area contributed by atoms with E-state index in [9.17, 15) is 9.90 Å². The number of aliphatic hydroxyl groups is 1. The van der Waals surface area contributed by atoms with Crippen LogP contribution in [0.25, 0.3) is 0 Å². The summed E-state index contributed by atoms with van der Waals surface area (Å²) in [4.78, 5) is 22.5. The van der Waals surface area contributed by atoms with Crippen LogP contribution in [-0.2, 0) is 11.2 Å². The van der Waals surface area contributed by atoms with Crippen LogP contribution in [0.15, 0.2) is 18.6 Å². The van der Waals surface area contributed by atoms with Gasteiger partial charge in [-0.15, -0.1) is 0 Å². The molecule has 0 radical (unpaired) electrons. The fraction of sp³-hybridized carbons (Fsp3) is 0.722. The number of hydrogen-bond donors (Lipinski definition) is 2. The lowest BCUT2D eigenvalue weighted by Gasteiger charge is -2.22. The molecule has 1 saturated heterocycles. The Morgan fingerprint density at radius 3 is 2.83 bits per heavy atom. The van der Waals surface area contributed by atoms with Gasteiger partial charge >= 0.3 is 0 Å². The predicted octanol–water partition coefficient (Wildman–Crippen LogP) is 1.01. The Morgan fingerprint density at radius 2 is 2.08 bits per heavy atom. The second kappa shape index (κ2) is 8.53. The molecular formula is C18H28N4O2. The summed E-state index contributed by atoms with van der Waals surface area (Å²) in [6.45, 7) is 2.47. The highest BCUT2D eigenvalue weighted by atomic mass is 16.3. The summed E-state index contributed by atoms with van der Waals surface area (Å²) < 4.78 is 0. The average molecular weight is 332 g/mol. The van der Waals surface area contributed by atoms with E-state index in [1.807, 2.05) is 4.90 Å². The first-order valence-corrected chi connectivity index (χ1v) is 9.12. The van der Waals surface area contributed by atoms with Gasteiger partial charge in [0.2, 0.25) is 5.91 Å². The van der Waals surface area contributed by atoms with Gasteiger partial charge in [-0.25, -0.2) is 0 Å². The van der Waals surface area contributed by atoms with Crippen LogP contribution >= 0.6 is 0 Å². The first kappa shape index (κ1) is 17.3. The van der Waals surface area contributed by atoms with Gasteiger partial charge in [0.1, 0.15) is 0 Å². The lowest BCUT2D eigenvalue weighted by atomic mass is 9.89. The molecule has 0 bridgehead atoms. The number of likely N-dealkylation sites (tertiary alicyclic amines) is 1. The molecule has 2 N–H and O–H groups in total. The summed E-state index contributed by atoms with van der Waals surface area (Å²) in [5, 5.41) is 13.3. The van der Waals surface area contributed by atoms with E-state index in [-0.39, 0.29) is 11.8 Å². The van der Waals surface area contributed by atoms with Crippen LogP contribution in [0.2, 0.25) is 0 Å². The lowest BCUT2D eigenvalue weighted by molar-refractivity contribution is -0.122. The van der Waals surface area contributed by atoms with E-state index in [4.69, 9.17) is 0 Å². The standard InChI is InChI=1S/C18H28N4O2/c23-17-12-22(11-15(17)8-16-10-19-6-7-20-16)13-18(24)21-9-14-4-2-1-3-5-14/h6-7,10,14-15,17,23H,1-5,8-9,11-13H2,(H,21,24). The third-order valence-electron chi connectivity index (χ3n) is 5.25. The Bertz CT molecular complexity index is 519. The molecule has 2 unspecified atom stereocenters. The van der Waals surface area contributed by atoms with Crippen molar-refractivity contribution in [3.8, 4) is 0 Å². The number of carbonyl (C=O) groups is 1. The topological polar surface area (TPSA) is 78.4 Å². The molecule has 2 heterocycles. The van der Waals surface area contributed by atoms with Gasteiger partial charge < -0.3 is 10.4 Å². The van der Waals surface area contributed by atoms with Gasteiger partial charge in [-0.1, -0.05) is 19.3 Å². The van der Waals surface area contributed by atoms with Gasteiger partial charge in [-0.05, 0) is 25.2 Å². The molecule has 3 rings (SSSR count). The number of rotatable bonds is 6. The van der Waals surface area contributed by atoms with E-state index in [2.05, 4.69) is 15.3 Å². The Balaban J connectivity index is 1.40. The van der Waals surface area contributed by atoms with Crippen molar-refractivity contribution in [1.82, 2.24) is 20.2 Å². The summed E-state index contributed by atoms with van der Waals surface area (Å²) in [7, 11) is 0. The molecule has 6 heteroatoms. The lowest BCUT2D eigenvalue weighted by Crippen LogP contribution is -2.38. The van der Waals surface area contributed by atoms with Crippen molar-refractivity contribution in [1.29, 1.82) is 0 Å². The van der Waals surface area contributed by atoms with E-state index in [1.165, 1.54) is 32.1 Å². The molecule has 1 aliphatic carbocycles. The molecule has 24 heavy (non-hydrogen) atoms. The molecular weight excluding hydrogens is 304 g/mol. The molecule has 1 aromatic heterocycles. The Hall–Kier alpha value is -1.53. The van der Waals surface area contributed by atoms with Gasteiger partial charge in [-0.3, -0.25) is 19.7 Å². The van der Waals surface area contributed by atoms with Crippen molar-refractivity contribution in [2.24, 2.45) is 11.8 Å². The molecule has 1 amide bonds. The van der Waals surface area contributed by atoms with E-state index in [0.29, 0.717) is 25.4 Å². The van der Waals surface area contributed by atoms with Gasteiger partial charge in [0.25, 0.3) is 0 Å². The quantitative estimate of drug-likeness (QED) is 0.813. The van der Waals surface area contributed by atoms with Crippen molar-refractivity contribution >= 4 is 5.91 Å². The summed E-state index contributed by atoms with van der Waals surface area (Å²) in [6, 6.07) is 0. The molecule has 2 aliphatic rings. The Labute approximate surface area is 143 Å². The maximum absolute atomic E-state index is 12.2. The minimum absolute atomic E-state index is 0.0768. The summed E-state index contributed by atoms with van der Waals surface area (Å²) in [6.07, 6.45) is 11.8. The minimum Gasteiger partial charge on any atom is -0.391 e. The normalized spacial score (nSPS) is 25.7. The van der Waals surface area contributed by atoms with Crippen LogP contribution < -0.4 is 5.32 Å².